The van der Waals surface area contributed by atoms with Gasteiger partial charge in [-0.2, -0.15) is 12.6 Å². The van der Waals surface area contributed by atoms with E-state index in [0.29, 0.717) is 0 Å². The summed E-state index contributed by atoms with van der Waals surface area (Å²) >= 11 is 5.57. The van der Waals surface area contributed by atoms with Crippen LogP contribution in [0.4, 0.5) is 0 Å². The molecule has 0 saturated heterocycles. The van der Waals surface area contributed by atoms with E-state index in [-0.39, 0.29) is 5.12 Å². The van der Waals surface area contributed by atoms with Crippen molar-refractivity contribution in [3.8, 4) is 0 Å². The van der Waals surface area contributed by atoms with E-state index >= 15 is 0 Å². The van der Waals surface area contributed by atoms with Crippen LogP contribution in [0.3, 0.4) is 0 Å². The van der Waals surface area contributed by atoms with Crippen LogP contribution in [0.25, 0.3) is 0 Å². The smallest absolute Gasteiger partial charge is 0.186 e. The lowest BCUT2D eigenvalue weighted by molar-refractivity contribution is -0.109. The standard InChI is InChI=1S/C10H12OS2/c1-8(11)13-7-10-5-3-2-4-9(10)6-12/h2-5,12H,6-7H2,1H3. The van der Waals surface area contributed by atoms with Crippen LogP contribution < -0.4 is 0 Å². The molecule has 0 atom stereocenters. The Bertz CT molecular complexity index is 297. The van der Waals surface area contributed by atoms with Crippen molar-refractivity contribution in [2.75, 3.05) is 0 Å². The van der Waals surface area contributed by atoms with Gasteiger partial charge in [-0.05, 0) is 11.1 Å². The van der Waals surface area contributed by atoms with E-state index < -0.39 is 0 Å². The molecule has 0 fully saturated rings. The summed E-state index contributed by atoms with van der Waals surface area (Å²) in [4.78, 5) is 10.8. The number of rotatable bonds is 3. The predicted molar refractivity (Wildman–Crippen MR) is 61.1 cm³/mol. The molecule has 0 bridgehead atoms. The molecule has 1 aromatic rings. The summed E-state index contributed by atoms with van der Waals surface area (Å²) < 4.78 is 0. The SMILES string of the molecule is CC(=O)SCc1ccccc1CS. The van der Waals surface area contributed by atoms with Crippen molar-refractivity contribution in [2.45, 2.75) is 18.4 Å². The Morgan fingerprint density at radius 3 is 2.54 bits per heavy atom. The van der Waals surface area contributed by atoms with E-state index in [1.54, 1.807) is 6.92 Å². The molecule has 0 aliphatic rings. The Morgan fingerprint density at radius 2 is 2.00 bits per heavy atom. The first-order valence-electron chi connectivity index (χ1n) is 4.05. The Kier molecular flexibility index (Phi) is 4.39. The molecule has 0 spiro atoms. The van der Waals surface area contributed by atoms with Gasteiger partial charge in [0.2, 0.25) is 0 Å². The summed E-state index contributed by atoms with van der Waals surface area (Å²) in [6, 6.07) is 8.07. The molecule has 13 heavy (non-hydrogen) atoms. The van der Waals surface area contributed by atoms with E-state index in [4.69, 9.17) is 0 Å². The highest BCUT2D eigenvalue weighted by atomic mass is 32.2. The third-order valence-corrected chi connectivity index (χ3v) is 2.92. The van der Waals surface area contributed by atoms with Gasteiger partial charge in [0.25, 0.3) is 0 Å². The molecule has 0 aliphatic heterocycles. The molecule has 70 valence electrons. The van der Waals surface area contributed by atoms with Crippen LogP contribution in [0.5, 0.6) is 0 Å². The fraction of sp³-hybridized carbons (Fsp3) is 0.300. The molecule has 0 unspecified atom stereocenters. The van der Waals surface area contributed by atoms with Crippen LogP contribution in [0, 0.1) is 0 Å². The fourth-order valence-electron chi connectivity index (χ4n) is 1.03. The summed E-state index contributed by atoms with van der Waals surface area (Å²) in [7, 11) is 0. The van der Waals surface area contributed by atoms with E-state index in [9.17, 15) is 4.79 Å². The van der Waals surface area contributed by atoms with Crippen LogP contribution in [-0.4, -0.2) is 5.12 Å². The maximum atomic E-state index is 10.8. The van der Waals surface area contributed by atoms with Crippen LogP contribution in [0.1, 0.15) is 18.1 Å². The summed E-state index contributed by atoms with van der Waals surface area (Å²) in [5.74, 6) is 1.49. The van der Waals surface area contributed by atoms with Crippen molar-refractivity contribution >= 4 is 29.5 Å². The first kappa shape index (κ1) is 10.7. The molecular formula is C10H12OS2. The normalized spacial score (nSPS) is 10.0. The zero-order chi connectivity index (χ0) is 9.68. The van der Waals surface area contributed by atoms with Crippen molar-refractivity contribution in [1.29, 1.82) is 0 Å². The van der Waals surface area contributed by atoms with Gasteiger partial charge in [0, 0.05) is 18.4 Å². The highest BCUT2D eigenvalue weighted by molar-refractivity contribution is 8.12. The van der Waals surface area contributed by atoms with Crippen molar-refractivity contribution < 1.29 is 4.79 Å². The number of hydrogen-bond acceptors (Lipinski definition) is 3. The third-order valence-electron chi connectivity index (χ3n) is 1.72. The van der Waals surface area contributed by atoms with Crippen LogP contribution in [0.15, 0.2) is 24.3 Å². The lowest BCUT2D eigenvalue weighted by atomic mass is 10.1. The number of thiol groups is 1. The van der Waals surface area contributed by atoms with Gasteiger partial charge < -0.3 is 0 Å². The third kappa shape index (κ3) is 3.44. The summed E-state index contributed by atoms with van der Waals surface area (Å²) in [5, 5.41) is 0.161. The van der Waals surface area contributed by atoms with E-state index in [0.717, 1.165) is 11.5 Å². The fourth-order valence-corrected chi connectivity index (χ4v) is 1.98. The number of benzene rings is 1. The Morgan fingerprint density at radius 1 is 1.38 bits per heavy atom. The average Bonchev–Trinajstić information content (AvgIpc) is 2.15. The highest BCUT2D eigenvalue weighted by Crippen LogP contribution is 2.18. The van der Waals surface area contributed by atoms with Gasteiger partial charge >= 0.3 is 0 Å². The number of hydrogen-bond donors (Lipinski definition) is 1. The van der Waals surface area contributed by atoms with Crippen molar-refractivity contribution in [3.63, 3.8) is 0 Å². The van der Waals surface area contributed by atoms with Crippen molar-refractivity contribution in [3.05, 3.63) is 35.4 Å². The lowest BCUT2D eigenvalue weighted by Crippen LogP contribution is -1.90. The van der Waals surface area contributed by atoms with Gasteiger partial charge in [0.05, 0.1) is 0 Å². The second-order valence-electron chi connectivity index (χ2n) is 2.71. The predicted octanol–water partition coefficient (Wildman–Crippen LogP) is 2.90. The Labute approximate surface area is 88.3 Å². The second-order valence-corrected chi connectivity index (χ2v) is 4.18. The van der Waals surface area contributed by atoms with Gasteiger partial charge in [-0.15, -0.1) is 0 Å². The van der Waals surface area contributed by atoms with Crippen LogP contribution in [-0.2, 0) is 16.3 Å². The van der Waals surface area contributed by atoms with Gasteiger partial charge in [0.1, 0.15) is 0 Å². The molecule has 0 amide bonds. The molecule has 1 rings (SSSR count). The minimum absolute atomic E-state index is 0.161. The van der Waals surface area contributed by atoms with E-state index in [1.165, 1.54) is 22.9 Å². The molecule has 1 aromatic carbocycles. The van der Waals surface area contributed by atoms with Crippen LogP contribution in [0.2, 0.25) is 0 Å². The first-order valence-corrected chi connectivity index (χ1v) is 5.67. The van der Waals surface area contributed by atoms with Gasteiger partial charge in [-0.3, -0.25) is 4.79 Å². The van der Waals surface area contributed by atoms with Gasteiger partial charge in [0.15, 0.2) is 5.12 Å². The molecule has 0 N–H and O–H groups in total. The molecular weight excluding hydrogens is 200 g/mol. The zero-order valence-corrected chi connectivity index (χ0v) is 9.20. The first-order chi connectivity index (χ1) is 6.24. The van der Waals surface area contributed by atoms with Crippen LogP contribution >= 0.6 is 24.4 Å². The largest absolute Gasteiger partial charge is 0.288 e. The molecule has 0 aliphatic carbocycles. The monoisotopic (exact) mass is 212 g/mol. The topological polar surface area (TPSA) is 17.1 Å². The van der Waals surface area contributed by atoms with Gasteiger partial charge in [-0.1, -0.05) is 36.0 Å². The summed E-state index contributed by atoms with van der Waals surface area (Å²) in [6.45, 7) is 1.59. The highest BCUT2D eigenvalue weighted by Gasteiger charge is 2.01. The number of carbonyl (C=O) groups is 1. The minimum Gasteiger partial charge on any atom is -0.288 e. The molecule has 3 heteroatoms. The quantitative estimate of drug-likeness (QED) is 0.776. The maximum absolute atomic E-state index is 10.8. The Hall–Kier alpha value is -0.410. The van der Waals surface area contributed by atoms with Crippen molar-refractivity contribution in [2.24, 2.45) is 0 Å². The number of thioether (sulfide) groups is 1. The molecule has 0 heterocycles. The van der Waals surface area contributed by atoms with E-state index in [1.807, 2.05) is 24.3 Å². The van der Waals surface area contributed by atoms with E-state index in [2.05, 4.69) is 12.6 Å². The maximum Gasteiger partial charge on any atom is 0.186 e. The molecule has 0 radical (unpaired) electrons. The Balaban J connectivity index is 2.69. The summed E-state index contributed by atoms with van der Waals surface area (Å²) in [5.41, 5.74) is 2.41. The van der Waals surface area contributed by atoms with Gasteiger partial charge in [-0.25, -0.2) is 0 Å². The molecule has 0 saturated carbocycles. The number of carbonyl (C=O) groups excluding carboxylic acids is 1. The summed E-state index contributed by atoms with van der Waals surface area (Å²) in [6.07, 6.45) is 0. The zero-order valence-electron chi connectivity index (χ0n) is 7.49. The molecule has 0 aromatic heterocycles. The minimum atomic E-state index is 0.161. The van der Waals surface area contributed by atoms with Crippen molar-refractivity contribution in [1.82, 2.24) is 0 Å². The second kappa shape index (κ2) is 5.35. The lowest BCUT2D eigenvalue weighted by Gasteiger charge is -2.04. The average molecular weight is 212 g/mol. The molecule has 1 nitrogen and oxygen atoms in total.